The molecular formula is C14H24N2O2. The number of nitrogens with one attached hydrogen (secondary N) is 1. The highest BCUT2D eigenvalue weighted by Crippen LogP contribution is 2.25. The highest BCUT2D eigenvalue weighted by atomic mass is 16.3. The summed E-state index contributed by atoms with van der Waals surface area (Å²) >= 11 is 0. The van der Waals surface area contributed by atoms with Crippen LogP contribution in [0.1, 0.15) is 44.5 Å². The summed E-state index contributed by atoms with van der Waals surface area (Å²) in [5.41, 5.74) is 2.15. The van der Waals surface area contributed by atoms with Gasteiger partial charge >= 0.3 is 0 Å². The van der Waals surface area contributed by atoms with Crippen molar-refractivity contribution in [2.45, 2.75) is 53.8 Å². The molecule has 1 heterocycles. The Hall–Kier alpha value is -1.13. The van der Waals surface area contributed by atoms with Gasteiger partial charge in [0.2, 0.25) is 0 Å². The topological polar surface area (TPSA) is 65.4 Å². The number of rotatable bonds is 4. The van der Waals surface area contributed by atoms with Gasteiger partial charge in [0.25, 0.3) is 0 Å². The number of aromatic nitrogens is 1. The van der Waals surface area contributed by atoms with Gasteiger partial charge in [-0.05, 0) is 19.3 Å². The molecule has 4 heteroatoms. The molecule has 0 amide bonds. The van der Waals surface area contributed by atoms with Crippen molar-refractivity contribution in [3.05, 3.63) is 23.0 Å². The maximum Gasteiger partial charge on any atom is 0.141 e. The highest BCUT2D eigenvalue weighted by Gasteiger charge is 2.20. The zero-order valence-corrected chi connectivity index (χ0v) is 11.9. The van der Waals surface area contributed by atoms with Gasteiger partial charge in [-0.2, -0.15) is 0 Å². The molecule has 3 N–H and O–H groups in total. The quantitative estimate of drug-likeness (QED) is 0.768. The molecule has 0 bridgehead atoms. The van der Waals surface area contributed by atoms with Crippen molar-refractivity contribution in [3.63, 3.8) is 0 Å². The van der Waals surface area contributed by atoms with Crippen LogP contribution in [0.4, 0.5) is 0 Å². The second kappa shape index (κ2) is 5.67. The molecule has 18 heavy (non-hydrogen) atoms. The van der Waals surface area contributed by atoms with E-state index in [1.54, 1.807) is 13.1 Å². The lowest BCUT2D eigenvalue weighted by Crippen LogP contribution is -2.37. The van der Waals surface area contributed by atoms with Gasteiger partial charge in [0.1, 0.15) is 5.75 Å². The summed E-state index contributed by atoms with van der Waals surface area (Å²) < 4.78 is 0. The smallest absolute Gasteiger partial charge is 0.141 e. The van der Waals surface area contributed by atoms with Crippen molar-refractivity contribution < 1.29 is 10.2 Å². The van der Waals surface area contributed by atoms with Crippen LogP contribution in [0.5, 0.6) is 5.75 Å². The Bertz CT molecular complexity index is 411. The zero-order chi connectivity index (χ0) is 13.9. The molecule has 1 aromatic rings. The molecule has 0 saturated heterocycles. The number of aryl methyl sites for hydroxylation is 1. The number of aromatic hydroxyl groups is 1. The first-order valence-corrected chi connectivity index (χ1v) is 6.28. The van der Waals surface area contributed by atoms with E-state index in [0.717, 1.165) is 5.56 Å². The molecule has 0 saturated carbocycles. The molecule has 1 aromatic heterocycles. The van der Waals surface area contributed by atoms with Crippen LogP contribution in [0.15, 0.2) is 6.20 Å². The van der Waals surface area contributed by atoms with Gasteiger partial charge in [-0.25, -0.2) is 0 Å². The molecule has 1 unspecified atom stereocenters. The van der Waals surface area contributed by atoms with E-state index in [1.165, 1.54) is 0 Å². The van der Waals surface area contributed by atoms with Crippen LogP contribution >= 0.6 is 0 Å². The first-order valence-electron chi connectivity index (χ1n) is 6.28. The summed E-state index contributed by atoms with van der Waals surface area (Å²) in [6.07, 6.45) is 1.62. The number of nitrogens with zero attached hydrogens (tertiary/aromatic N) is 1. The summed E-state index contributed by atoms with van der Waals surface area (Å²) in [7, 11) is 0. The van der Waals surface area contributed by atoms with Crippen LogP contribution in [0, 0.1) is 12.3 Å². The normalized spacial score (nSPS) is 13.7. The molecule has 1 rings (SSSR count). The lowest BCUT2D eigenvalue weighted by molar-refractivity contribution is 0.271. The average molecular weight is 252 g/mol. The fourth-order valence-electron chi connectivity index (χ4n) is 1.58. The van der Waals surface area contributed by atoms with Gasteiger partial charge in [0, 0.05) is 29.9 Å². The maximum absolute atomic E-state index is 10.0. The number of pyridine rings is 1. The number of aliphatic hydroxyl groups is 1. The SMILES string of the molecule is Cc1ncc(CO)c(CNC(C)C(C)(C)C)c1O. The largest absolute Gasteiger partial charge is 0.506 e. The van der Waals surface area contributed by atoms with Crippen LogP contribution in [0.2, 0.25) is 0 Å². The molecule has 0 fully saturated rings. The van der Waals surface area contributed by atoms with Crippen molar-refractivity contribution in [2.24, 2.45) is 5.41 Å². The average Bonchev–Trinajstić information content (AvgIpc) is 2.29. The van der Waals surface area contributed by atoms with E-state index >= 15 is 0 Å². The Morgan fingerprint density at radius 3 is 2.50 bits per heavy atom. The zero-order valence-electron chi connectivity index (χ0n) is 11.9. The van der Waals surface area contributed by atoms with Crippen LogP contribution in [0.3, 0.4) is 0 Å². The minimum atomic E-state index is -0.109. The van der Waals surface area contributed by atoms with Gasteiger partial charge in [-0.3, -0.25) is 4.98 Å². The fraction of sp³-hybridized carbons (Fsp3) is 0.643. The van der Waals surface area contributed by atoms with E-state index in [0.29, 0.717) is 23.8 Å². The minimum Gasteiger partial charge on any atom is -0.506 e. The fourth-order valence-corrected chi connectivity index (χ4v) is 1.58. The molecule has 1 atom stereocenters. The Morgan fingerprint density at radius 1 is 1.39 bits per heavy atom. The first-order chi connectivity index (χ1) is 8.27. The molecule has 0 aliphatic rings. The van der Waals surface area contributed by atoms with Crippen molar-refractivity contribution in [1.29, 1.82) is 0 Å². The van der Waals surface area contributed by atoms with E-state index in [4.69, 9.17) is 0 Å². The third kappa shape index (κ3) is 3.43. The summed E-state index contributed by atoms with van der Waals surface area (Å²) in [4.78, 5) is 4.05. The van der Waals surface area contributed by atoms with Gasteiger partial charge in [0.15, 0.2) is 0 Å². The predicted molar refractivity (Wildman–Crippen MR) is 72.3 cm³/mol. The van der Waals surface area contributed by atoms with Crippen molar-refractivity contribution in [3.8, 4) is 5.75 Å². The first kappa shape index (κ1) is 14.9. The van der Waals surface area contributed by atoms with Gasteiger partial charge in [-0.15, -0.1) is 0 Å². The van der Waals surface area contributed by atoms with Gasteiger partial charge in [-0.1, -0.05) is 20.8 Å². The predicted octanol–water partition coefficient (Wildman–Crippen LogP) is 2.11. The monoisotopic (exact) mass is 252 g/mol. The molecule has 0 radical (unpaired) electrons. The molecular weight excluding hydrogens is 228 g/mol. The molecule has 0 aliphatic heterocycles. The van der Waals surface area contributed by atoms with Crippen molar-refractivity contribution >= 4 is 0 Å². The van der Waals surface area contributed by atoms with Crippen LogP contribution in [-0.4, -0.2) is 21.2 Å². The standard InChI is InChI=1S/C14H24N2O2/c1-9-13(18)12(11(8-17)6-15-9)7-16-10(2)14(3,4)5/h6,10,16-18H,7-8H2,1-5H3. The summed E-state index contributed by atoms with van der Waals surface area (Å²) in [5, 5.41) is 22.7. The lowest BCUT2D eigenvalue weighted by atomic mass is 9.88. The third-order valence-electron chi connectivity index (χ3n) is 3.48. The molecule has 0 aromatic carbocycles. The Labute approximate surface area is 109 Å². The van der Waals surface area contributed by atoms with Crippen molar-refractivity contribution in [1.82, 2.24) is 10.3 Å². The third-order valence-corrected chi connectivity index (χ3v) is 3.48. The Balaban J connectivity index is 2.87. The van der Waals surface area contributed by atoms with E-state index in [1.807, 2.05) is 0 Å². The van der Waals surface area contributed by atoms with E-state index in [2.05, 4.69) is 38.0 Å². The summed E-state index contributed by atoms with van der Waals surface area (Å²) in [6, 6.07) is 0.303. The molecule has 0 spiro atoms. The molecule has 4 nitrogen and oxygen atoms in total. The minimum absolute atomic E-state index is 0.109. The number of hydrogen-bond acceptors (Lipinski definition) is 4. The summed E-state index contributed by atoms with van der Waals surface area (Å²) in [5.74, 6) is 0.176. The Kier molecular flexibility index (Phi) is 4.71. The number of aliphatic hydroxyl groups excluding tert-OH is 1. The van der Waals surface area contributed by atoms with E-state index in [-0.39, 0.29) is 17.8 Å². The highest BCUT2D eigenvalue weighted by molar-refractivity contribution is 5.40. The van der Waals surface area contributed by atoms with Crippen LogP contribution in [0.25, 0.3) is 0 Å². The lowest BCUT2D eigenvalue weighted by Gasteiger charge is -2.28. The summed E-state index contributed by atoms with van der Waals surface area (Å²) in [6.45, 7) is 10.8. The van der Waals surface area contributed by atoms with E-state index < -0.39 is 0 Å². The van der Waals surface area contributed by atoms with Crippen LogP contribution in [-0.2, 0) is 13.2 Å². The van der Waals surface area contributed by atoms with Crippen LogP contribution < -0.4 is 5.32 Å². The molecule has 0 aliphatic carbocycles. The Morgan fingerprint density at radius 2 is 2.00 bits per heavy atom. The van der Waals surface area contributed by atoms with Gasteiger partial charge < -0.3 is 15.5 Å². The van der Waals surface area contributed by atoms with Crippen molar-refractivity contribution in [2.75, 3.05) is 0 Å². The van der Waals surface area contributed by atoms with E-state index in [9.17, 15) is 10.2 Å². The maximum atomic E-state index is 10.0. The van der Waals surface area contributed by atoms with Gasteiger partial charge in [0.05, 0.1) is 12.3 Å². The number of hydrogen-bond donors (Lipinski definition) is 3. The second-order valence-electron chi connectivity index (χ2n) is 5.82. The second-order valence-corrected chi connectivity index (χ2v) is 5.82. The molecule has 102 valence electrons.